The number of imide groups is 1. The molecule has 0 bridgehead atoms. The number of aryl methyl sites for hydroxylation is 1. The van der Waals surface area contributed by atoms with Crippen molar-refractivity contribution in [2.75, 3.05) is 11.4 Å². The van der Waals surface area contributed by atoms with Crippen LogP contribution in [0, 0.1) is 6.92 Å². The standard InChI is InChI=1S/C21H21N3O2/c1-14-6-8-16(9-7-14)24-20(25)12-19(21(24)26)22-11-10-15-13-23-18-5-3-2-4-17(15)18/h2-9,13,19,22-23H,10-12H2,1H3. The third-order valence-electron chi connectivity index (χ3n) is 4.90. The van der Waals surface area contributed by atoms with Crippen LogP contribution in [0.4, 0.5) is 5.69 Å². The lowest BCUT2D eigenvalue weighted by Crippen LogP contribution is -2.39. The van der Waals surface area contributed by atoms with E-state index in [1.807, 2.05) is 55.6 Å². The monoisotopic (exact) mass is 347 g/mol. The van der Waals surface area contributed by atoms with Gasteiger partial charge in [-0.1, -0.05) is 35.9 Å². The van der Waals surface area contributed by atoms with Gasteiger partial charge < -0.3 is 10.3 Å². The average Bonchev–Trinajstić information content (AvgIpc) is 3.17. The first-order valence-corrected chi connectivity index (χ1v) is 8.85. The summed E-state index contributed by atoms with van der Waals surface area (Å²) in [4.78, 5) is 29.5. The summed E-state index contributed by atoms with van der Waals surface area (Å²) in [5, 5.41) is 4.45. The average molecular weight is 347 g/mol. The zero-order valence-corrected chi connectivity index (χ0v) is 14.7. The fraction of sp³-hybridized carbons (Fsp3) is 0.238. The van der Waals surface area contributed by atoms with Crippen molar-refractivity contribution in [3.8, 4) is 0 Å². The number of H-pyrrole nitrogens is 1. The number of nitrogens with one attached hydrogen (secondary N) is 2. The minimum atomic E-state index is -0.450. The molecule has 5 nitrogen and oxygen atoms in total. The highest BCUT2D eigenvalue weighted by molar-refractivity contribution is 6.22. The van der Waals surface area contributed by atoms with Gasteiger partial charge in [0.15, 0.2) is 0 Å². The van der Waals surface area contributed by atoms with Crippen LogP contribution in [-0.4, -0.2) is 29.4 Å². The number of aromatic nitrogens is 1. The molecule has 132 valence electrons. The number of carbonyl (C=O) groups is 2. The lowest BCUT2D eigenvalue weighted by molar-refractivity contribution is -0.121. The van der Waals surface area contributed by atoms with Crippen LogP contribution >= 0.6 is 0 Å². The van der Waals surface area contributed by atoms with Crippen molar-refractivity contribution in [1.29, 1.82) is 0 Å². The first-order valence-electron chi connectivity index (χ1n) is 8.85. The number of anilines is 1. The molecule has 3 aromatic rings. The van der Waals surface area contributed by atoms with E-state index in [2.05, 4.69) is 16.4 Å². The molecule has 0 radical (unpaired) electrons. The highest BCUT2D eigenvalue weighted by Gasteiger charge is 2.39. The van der Waals surface area contributed by atoms with Gasteiger partial charge in [-0.3, -0.25) is 9.59 Å². The van der Waals surface area contributed by atoms with E-state index in [0.29, 0.717) is 12.2 Å². The zero-order chi connectivity index (χ0) is 18.1. The number of nitrogens with zero attached hydrogens (tertiary/aromatic N) is 1. The van der Waals surface area contributed by atoms with E-state index in [1.54, 1.807) is 0 Å². The minimum absolute atomic E-state index is 0.150. The summed E-state index contributed by atoms with van der Waals surface area (Å²) in [5.74, 6) is -0.318. The lowest BCUT2D eigenvalue weighted by atomic mass is 10.1. The molecule has 5 heteroatoms. The molecule has 4 rings (SSSR count). The van der Waals surface area contributed by atoms with Crippen molar-refractivity contribution in [3.05, 3.63) is 65.9 Å². The zero-order valence-electron chi connectivity index (χ0n) is 14.7. The Morgan fingerprint density at radius 3 is 2.69 bits per heavy atom. The molecule has 2 heterocycles. The number of fused-ring (bicyclic) bond motifs is 1. The predicted molar refractivity (Wildman–Crippen MR) is 102 cm³/mol. The molecule has 26 heavy (non-hydrogen) atoms. The number of rotatable bonds is 5. The molecule has 1 aromatic heterocycles. The van der Waals surface area contributed by atoms with Gasteiger partial charge in [-0.15, -0.1) is 0 Å². The van der Waals surface area contributed by atoms with Gasteiger partial charge in [0.1, 0.15) is 0 Å². The maximum absolute atomic E-state index is 12.6. The first-order chi connectivity index (χ1) is 12.6. The summed E-state index contributed by atoms with van der Waals surface area (Å²) in [6.45, 7) is 2.62. The molecule has 1 saturated heterocycles. The van der Waals surface area contributed by atoms with Crippen molar-refractivity contribution in [2.45, 2.75) is 25.8 Å². The van der Waals surface area contributed by atoms with Crippen molar-refractivity contribution in [3.63, 3.8) is 0 Å². The van der Waals surface area contributed by atoms with Crippen LogP contribution in [0.15, 0.2) is 54.7 Å². The topological polar surface area (TPSA) is 65.2 Å². The molecule has 1 unspecified atom stereocenters. The van der Waals surface area contributed by atoms with Crippen LogP contribution in [0.2, 0.25) is 0 Å². The molecule has 1 fully saturated rings. The molecular formula is C21H21N3O2. The number of carbonyl (C=O) groups excluding carboxylic acids is 2. The summed E-state index contributed by atoms with van der Waals surface area (Å²) in [5.41, 5.74) is 4.06. The van der Waals surface area contributed by atoms with Crippen molar-refractivity contribution >= 4 is 28.4 Å². The maximum atomic E-state index is 12.6. The van der Waals surface area contributed by atoms with Gasteiger partial charge in [-0.2, -0.15) is 0 Å². The Morgan fingerprint density at radius 2 is 1.88 bits per heavy atom. The Balaban J connectivity index is 1.40. The van der Waals surface area contributed by atoms with E-state index >= 15 is 0 Å². The molecular weight excluding hydrogens is 326 g/mol. The Hall–Kier alpha value is -2.92. The van der Waals surface area contributed by atoms with Gasteiger partial charge in [0.2, 0.25) is 5.91 Å². The third kappa shape index (κ3) is 3.02. The number of hydrogen-bond acceptors (Lipinski definition) is 3. The minimum Gasteiger partial charge on any atom is -0.361 e. The molecule has 1 aliphatic rings. The SMILES string of the molecule is Cc1ccc(N2C(=O)CC(NCCc3c[nH]c4ccccc34)C2=O)cc1. The van der Waals surface area contributed by atoms with E-state index < -0.39 is 6.04 Å². The molecule has 2 aromatic carbocycles. The summed E-state index contributed by atoms with van der Waals surface area (Å²) < 4.78 is 0. The molecule has 1 atom stereocenters. The number of hydrogen-bond donors (Lipinski definition) is 2. The van der Waals surface area contributed by atoms with Gasteiger partial charge in [-0.25, -0.2) is 4.90 Å². The summed E-state index contributed by atoms with van der Waals surface area (Å²) in [6.07, 6.45) is 3.01. The Kier molecular flexibility index (Phi) is 4.31. The fourth-order valence-corrected chi connectivity index (χ4v) is 3.48. The van der Waals surface area contributed by atoms with Crippen molar-refractivity contribution in [1.82, 2.24) is 10.3 Å². The number of para-hydroxylation sites is 1. The highest BCUT2D eigenvalue weighted by Crippen LogP contribution is 2.23. The first kappa shape index (κ1) is 16.5. The lowest BCUT2D eigenvalue weighted by Gasteiger charge is -2.15. The second-order valence-electron chi connectivity index (χ2n) is 6.72. The molecule has 0 saturated carbocycles. The van der Waals surface area contributed by atoms with Crippen LogP contribution in [0.3, 0.4) is 0 Å². The highest BCUT2D eigenvalue weighted by atomic mass is 16.2. The molecule has 2 N–H and O–H groups in total. The van der Waals surface area contributed by atoms with Gasteiger partial charge in [0.25, 0.3) is 5.91 Å². The maximum Gasteiger partial charge on any atom is 0.251 e. The van der Waals surface area contributed by atoms with Crippen LogP contribution in [0.25, 0.3) is 10.9 Å². The third-order valence-corrected chi connectivity index (χ3v) is 4.90. The smallest absolute Gasteiger partial charge is 0.251 e. The summed E-state index contributed by atoms with van der Waals surface area (Å²) in [6, 6.07) is 15.2. The van der Waals surface area contributed by atoms with Gasteiger partial charge in [0.05, 0.1) is 18.2 Å². The van der Waals surface area contributed by atoms with Crippen LogP contribution in [0.1, 0.15) is 17.5 Å². The molecule has 0 aliphatic carbocycles. The van der Waals surface area contributed by atoms with E-state index in [-0.39, 0.29) is 18.2 Å². The Labute approximate surface area is 152 Å². The molecule has 0 spiro atoms. The molecule has 1 aliphatic heterocycles. The van der Waals surface area contributed by atoms with Crippen LogP contribution < -0.4 is 10.2 Å². The Morgan fingerprint density at radius 1 is 1.12 bits per heavy atom. The summed E-state index contributed by atoms with van der Waals surface area (Å²) in [7, 11) is 0. The van der Waals surface area contributed by atoms with Gasteiger partial charge in [0, 0.05) is 23.6 Å². The van der Waals surface area contributed by atoms with Crippen molar-refractivity contribution in [2.24, 2.45) is 0 Å². The van der Waals surface area contributed by atoms with E-state index in [1.165, 1.54) is 15.8 Å². The number of amides is 2. The quantitative estimate of drug-likeness (QED) is 0.698. The number of aromatic amines is 1. The van der Waals surface area contributed by atoms with Gasteiger partial charge in [-0.05, 0) is 37.1 Å². The second-order valence-corrected chi connectivity index (χ2v) is 6.72. The summed E-state index contributed by atoms with van der Waals surface area (Å²) >= 11 is 0. The fourth-order valence-electron chi connectivity index (χ4n) is 3.48. The van der Waals surface area contributed by atoms with Crippen LogP contribution in [-0.2, 0) is 16.0 Å². The van der Waals surface area contributed by atoms with E-state index in [0.717, 1.165) is 17.5 Å². The Bertz CT molecular complexity index is 959. The van der Waals surface area contributed by atoms with E-state index in [4.69, 9.17) is 0 Å². The molecule has 2 amide bonds. The predicted octanol–water partition coefficient (Wildman–Crippen LogP) is 2.94. The van der Waals surface area contributed by atoms with Crippen molar-refractivity contribution < 1.29 is 9.59 Å². The van der Waals surface area contributed by atoms with Crippen LogP contribution in [0.5, 0.6) is 0 Å². The largest absolute Gasteiger partial charge is 0.361 e. The van der Waals surface area contributed by atoms with Gasteiger partial charge >= 0.3 is 0 Å². The normalized spacial score (nSPS) is 17.4. The van der Waals surface area contributed by atoms with E-state index in [9.17, 15) is 9.59 Å². The second kappa shape index (κ2) is 6.77. The number of benzene rings is 2.